The Morgan fingerprint density at radius 1 is 1.00 bits per heavy atom. The zero-order valence-electron chi connectivity index (χ0n) is 14.1. The van der Waals surface area contributed by atoms with E-state index in [1.165, 1.54) is 77.5 Å². The molecule has 2 heteroatoms. The largest absolute Gasteiger partial charge is 0.298 e. The third-order valence-electron chi connectivity index (χ3n) is 5.56. The molecule has 1 saturated carbocycles. The fourth-order valence-electron chi connectivity index (χ4n) is 4.05. The molecule has 1 heterocycles. The number of unbranched alkanes of at least 4 members (excludes halogenated alkanes) is 1. The van der Waals surface area contributed by atoms with Gasteiger partial charge in [-0.1, -0.05) is 44.9 Å². The fraction of sp³-hybridized carbons (Fsp3) is 1.00. The molecule has 118 valence electrons. The number of nitrogens with zero attached hydrogens (tertiary/aromatic N) is 2. The Bertz CT molecular complexity index is 258. The summed E-state index contributed by atoms with van der Waals surface area (Å²) in [6.07, 6.45) is 11.9. The van der Waals surface area contributed by atoms with Crippen LogP contribution < -0.4 is 0 Å². The van der Waals surface area contributed by atoms with Crippen LogP contribution in [-0.2, 0) is 0 Å². The van der Waals surface area contributed by atoms with E-state index in [0.29, 0.717) is 6.04 Å². The van der Waals surface area contributed by atoms with Crippen LogP contribution in [0.15, 0.2) is 0 Å². The van der Waals surface area contributed by atoms with Crippen molar-refractivity contribution in [3.63, 3.8) is 0 Å². The molecule has 0 N–H and O–H groups in total. The summed E-state index contributed by atoms with van der Waals surface area (Å²) >= 11 is 0. The number of piperazine rings is 1. The lowest BCUT2D eigenvalue weighted by atomic mass is 9.86. The summed E-state index contributed by atoms with van der Waals surface area (Å²) in [4.78, 5) is 5.35. The molecule has 1 saturated heterocycles. The maximum Gasteiger partial charge on any atom is 0.0195 e. The summed E-state index contributed by atoms with van der Waals surface area (Å²) < 4.78 is 0. The molecule has 2 aliphatic rings. The zero-order chi connectivity index (χ0) is 14.4. The van der Waals surface area contributed by atoms with Gasteiger partial charge in [0.05, 0.1) is 0 Å². The van der Waals surface area contributed by atoms with Crippen molar-refractivity contribution in [2.45, 2.75) is 84.2 Å². The van der Waals surface area contributed by atoms with Crippen LogP contribution >= 0.6 is 0 Å². The highest BCUT2D eigenvalue weighted by Crippen LogP contribution is 2.27. The van der Waals surface area contributed by atoms with Crippen LogP contribution in [0.25, 0.3) is 0 Å². The normalized spacial score (nSPS) is 27.3. The monoisotopic (exact) mass is 280 g/mol. The number of rotatable bonds is 6. The first-order valence-corrected chi connectivity index (χ1v) is 9.15. The summed E-state index contributed by atoms with van der Waals surface area (Å²) in [7, 11) is 0. The quantitative estimate of drug-likeness (QED) is 0.674. The maximum absolute atomic E-state index is 2.72. The van der Waals surface area contributed by atoms with Gasteiger partial charge >= 0.3 is 0 Å². The van der Waals surface area contributed by atoms with Crippen molar-refractivity contribution in [3.05, 3.63) is 0 Å². The molecule has 0 bridgehead atoms. The van der Waals surface area contributed by atoms with E-state index in [4.69, 9.17) is 0 Å². The molecule has 1 aliphatic heterocycles. The van der Waals surface area contributed by atoms with Gasteiger partial charge in [0.1, 0.15) is 0 Å². The predicted molar refractivity (Wildman–Crippen MR) is 88.2 cm³/mol. The molecule has 0 radical (unpaired) electrons. The molecular formula is C18H36N2. The first kappa shape index (κ1) is 16.3. The third-order valence-corrected chi connectivity index (χ3v) is 5.56. The van der Waals surface area contributed by atoms with Crippen LogP contribution in [-0.4, -0.2) is 48.1 Å². The van der Waals surface area contributed by atoms with Crippen molar-refractivity contribution in [3.8, 4) is 0 Å². The van der Waals surface area contributed by atoms with E-state index in [0.717, 1.165) is 12.0 Å². The van der Waals surface area contributed by atoms with Gasteiger partial charge in [-0.15, -0.1) is 0 Å². The highest BCUT2D eigenvalue weighted by Gasteiger charge is 2.24. The highest BCUT2D eigenvalue weighted by atomic mass is 15.3. The second-order valence-electron chi connectivity index (χ2n) is 7.47. The first-order chi connectivity index (χ1) is 9.66. The number of hydrogen-bond acceptors (Lipinski definition) is 2. The summed E-state index contributed by atoms with van der Waals surface area (Å²) in [5.41, 5.74) is 0. The zero-order valence-corrected chi connectivity index (χ0v) is 14.1. The van der Waals surface area contributed by atoms with Crippen molar-refractivity contribution in [1.82, 2.24) is 9.80 Å². The minimum atomic E-state index is 0.714. The lowest BCUT2D eigenvalue weighted by Gasteiger charge is -2.41. The third kappa shape index (κ3) is 5.04. The van der Waals surface area contributed by atoms with Crippen LogP contribution in [0.1, 0.15) is 72.1 Å². The Morgan fingerprint density at radius 2 is 1.75 bits per heavy atom. The summed E-state index contributed by atoms with van der Waals surface area (Å²) in [5, 5.41) is 0. The number of hydrogen-bond donors (Lipinski definition) is 0. The van der Waals surface area contributed by atoms with E-state index in [2.05, 4.69) is 30.6 Å². The van der Waals surface area contributed by atoms with Crippen LogP contribution in [0.3, 0.4) is 0 Å². The van der Waals surface area contributed by atoms with Crippen LogP contribution in [0.2, 0.25) is 0 Å². The van der Waals surface area contributed by atoms with Gasteiger partial charge in [-0.2, -0.15) is 0 Å². The van der Waals surface area contributed by atoms with Crippen LogP contribution in [0, 0.1) is 5.92 Å². The summed E-state index contributed by atoms with van der Waals surface area (Å²) in [5.74, 6) is 1.07. The second kappa shape index (κ2) is 8.38. The Labute approximate surface area is 126 Å². The van der Waals surface area contributed by atoms with Gasteiger partial charge in [0.2, 0.25) is 0 Å². The SMILES string of the molecule is CC(C)N1CCN(CCCCC2CCCCC2)[C@H](C)C1. The van der Waals surface area contributed by atoms with E-state index in [1.807, 2.05) is 0 Å². The lowest BCUT2D eigenvalue weighted by molar-refractivity contribution is 0.0633. The smallest absolute Gasteiger partial charge is 0.0195 e. The predicted octanol–water partition coefficient (Wildman–Crippen LogP) is 4.15. The Balaban J connectivity index is 1.57. The molecule has 1 atom stereocenters. The van der Waals surface area contributed by atoms with E-state index in [9.17, 15) is 0 Å². The van der Waals surface area contributed by atoms with Gasteiger partial charge < -0.3 is 0 Å². The molecule has 0 aromatic rings. The van der Waals surface area contributed by atoms with E-state index in [1.54, 1.807) is 0 Å². The molecule has 2 fully saturated rings. The molecule has 0 aromatic heterocycles. The maximum atomic E-state index is 2.72. The molecule has 1 aliphatic carbocycles. The standard InChI is InChI=1S/C18H36N2/c1-16(2)20-14-13-19(17(3)15-20)12-8-7-11-18-9-5-4-6-10-18/h16-18H,4-15H2,1-3H3/t17-/m1/s1. The molecular weight excluding hydrogens is 244 g/mol. The van der Waals surface area contributed by atoms with Gasteiger partial charge in [-0.25, -0.2) is 0 Å². The highest BCUT2D eigenvalue weighted by molar-refractivity contribution is 4.80. The fourth-order valence-corrected chi connectivity index (χ4v) is 4.05. The van der Waals surface area contributed by atoms with Crippen molar-refractivity contribution in [1.29, 1.82) is 0 Å². The van der Waals surface area contributed by atoms with Gasteiger partial charge in [-0.3, -0.25) is 9.80 Å². The molecule has 0 amide bonds. The topological polar surface area (TPSA) is 6.48 Å². The van der Waals surface area contributed by atoms with Crippen LogP contribution in [0.5, 0.6) is 0 Å². The molecule has 0 unspecified atom stereocenters. The van der Waals surface area contributed by atoms with E-state index < -0.39 is 0 Å². The van der Waals surface area contributed by atoms with Gasteiger partial charge in [0, 0.05) is 31.7 Å². The Kier molecular flexibility index (Phi) is 6.83. The molecule has 20 heavy (non-hydrogen) atoms. The van der Waals surface area contributed by atoms with Crippen molar-refractivity contribution < 1.29 is 0 Å². The minimum Gasteiger partial charge on any atom is -0.298 e. The second-order valence-corrected chi connectivity index (χ2v) is 7.47. The van der Waals surface area contributed by atoms with Crippen LogP contribution in [0.4, 0.5) is 0 Å². The summed E-state index contributed by atoms with van der Waals surface area (Å²) in [6.45, 7) is 12.2. The van der Waals surface area contributed by atoms with E-state index in [-0.39, 0.29) is 0 Å². The van der Waals surface area contributed by atoms with Gasteiger partial charge in [-0.05, 0) is 39.7 Å². The van der Waals surface area contributed by atoms with Gasteiger partial charge in [0.25, 0.3) is 0 Å². The lowest BCUT2D eigenvalue weighted by Crippen LogP contribution is -2.53. The van der Waals surface area contributed by atoms with Crippen molar-refractivity contribution in [2.75, 3.05) is 26.2 Å². The molecule has 0 spiro atoms. The Hall–Kier alpha value is -0.0800. The minimum absolute atomic E-state index is 0.714. The first-order valence-electron chi connectivity index (χ1n) is 9.15. The summed E-state index contributed by atoms with van der Waals surface area (Å²) in [6, 6.07) is 1.46. The molecule has 2 nitrogen and oxygen atoms in total. The molecule has 0 aromatic carbocycles. The average Bonchev–Trinajstić information content (AvgIpc) is 2.46. The van der Waals surface area contributed by atoms with E-state index >= 15 is 0 Å². The van der Waals surface area contributed by atoms with Crippen molar-refractivity contribution in [2.24, 2.45) is 5.92 Å². The van der Waals surface area contributed by atoms with Crippen molar-refractivity contribution >= 4 is 0 Å². The van der Waals surface area contributed by atoms with Gasteiger partial charge in [0.15, 0.2) is 0 Å². The average molecular weight is 280 g/mol. The molecule has 2 rings (SSSR count). The Morgan fingerprint density at radius 3 is 2.40 bits per heavy atom.